The van der Waals surface area contributed by atoms with Crippen LogP contribution in [0, 0.1) is 16.2 Å². The van der Waals surface area contributed by atoms with Crippen molar-refractivity contribution in [2.24, 2.45) is 16.2 Å². The molecule has 0 fully saturated rings. The van der Waals surface area contributed by atoms with Gasteiger partial charge < -0.3 is 25.5 Å². The topological polar surface area (TPSA) is 118 Å². The fourth-order valence-electron chi connectivity index (χ4n) is 2.95. The van der Waals surface area contributed by atoms with Crippen LogP contribution in [-0.4, -0.2) is 51.0 Å². The molecule has 0 aliphatic heterocycles. The molecule has 0 spiro atoms. The zero-order chi connectivity index (χ0) is 19.7. The van der Waals surface area contributed by atoms with E-state index in [1.54, 1.807) is 0 Å². The molecule has 6 nitrogen and oxygen atoms in total. The number of aliphatic carboxylic acids is 1. The average molecular weight is 363 g/mol. The van der Waals surface area contributed by atoms with E-state index in [1.165, 1.54) is 0 Å². The molecule has 150 valence electrons. The molecule has 0 bridgehead atoms. The van der Waals surface area contributed by atoms with Gasteiger partial charge in [-0.2, -0.15) is 0 Å². The highest BCUT2D eigenvalue weighted by Gasteiger charge is 2.44. The third kappa shape index (κ3) is 8.49. The van der Waals surface area contributed by atoms with Crippen LogP contribution in [0.15, 0.2) is 0 Å². The van der Waals surface area contributed by atoms with E-state index in [1.807, 2.05) is 27.7 Å². The Morgan fingerprint density at radius 1 is 0.760 bits per heavy atom. The van der Waals surface area contributed by atoms with Crippen LogP contribution in [0.1, 0.15) is 79.1 Å². The van der Waals surface area contributed by atoms with Gasteiger partial charge in [-0.1, -0.05) is 53.4 Å². The molecule has 0 aliphatic rings. The standard InChI is InChI=1S/C19H38O6/c1-17(2,13-20)9-5-7-11-19(15(22)23,16(24)25)12-8-6-10-18(3,4)14-21/h15,20-23H,5-14H2,1-4H3,(H,24,25). The lowest BCUT2D eigenvalue weighted by molar-refractivity contribution is -0.185. The van der Waals surface area contributed by atoms with Crippen LogP contribution in [0.3, 0.4) is 0 Å². The molecule has 0 radical (unpaired) electrons. The number of rotatable bonds is 14. The predicted octanol–water partition coefficient (Wildman–Crippen LogP) is 2.53. The van der Waals surface area contributed by atoms with Crippen molar-refractivity contribution in [1.82, 2.24) is 0 Å². The Labute approximate surface area is 151 Å². The van der Waals surface area contributed by atoms with Crippen molar-refractivity contribution < 1.29 is 30.3 Å². The number of aliphatic hydroxyl groups excluding tert-OH is 3. The van der Waals surface area contributed by atoms with Crippen molar-refractivity contribution in [3.63, 3.8) is 0 Å². The van der Waals surface area contributed by atoms with Crippen LogP contribution in [0.4, 0.5) is 0 Å². The Hall–Kier alpha value is -0.690. The normalized spacial score (nSPS) is 13.5. The molecule has 0 aromatic heterocycles. The van der Waals surface area contributed by atoms with Crippen molar-refractivity contribution >= 4 is 5.97 Å². The molecule has 0 unspecified atom stereocenters. The maximum Gasteiger partial charge on any atom is 0.314 e. The summed E-state index contributed by atoms with van der Waals surface area (Å²) in [7, 11) is 0. The molecule has 0 saturated heterocycles. The first-order valence-electron chi connectivity index (χ1n) is 9.24. The van der Waals surface area contributed by atoms with E-state index in [0.29, 0.717) is 12.8 Å². The summed E-state index contributed by atoms with van der Waals surface area (Å²) in [6, 6.07) is 0. The van der Waals surface area contributed by atoms with Gasteiger partial charge in [0.1, 0.15) is 5.41 Å². The third-order valence-corrected chi connectivity index (χ3v) is 5.23. The summed E-state index contributed by atoms with van der Waals surface area (Å²) in [5.74, 6) is -1.18. The molecular formula is C19H38O6. The molecule has 0 aliphatic carbocycles. The SMILES string of the molecule is CC(C)(CO)CCCCC(CCCCC(C)(C)CO)(C(=O)O)C(O)O. The van der Waals surface area contributed by atoms with E-state index in [0.717, 1.165) is 25.7 Å². The Morgan fingerprint density at radius 3 is 1.32 bits per heavy atom. The molecule has 0 saturated carbocycles. The van der Waals surface area contributed by atoms with Crippen LogP contribution in [-0.2, 0) is 4.79 Å². The van der Waals surface area contributed by atoms with Gasteiger partial charge in [0.15, 0.2) is 6.29 Å². The second kappa shape index (κ2) is 10.5. The minimum absolute atomic E-state index is 0.0698. The number of carboxylic acid groups (broad SMARTS) is 1. The number of unbranched alkanes of at least 4 members (excludes halogenated alkanes) is 2. The smallest absolute Gasteiger partial charge is 0.314 e. The van der Waals surface area contributed by atoms with Crippen molar-refractivity contribution in [2.75, 3.05) is 13.2 Å². The lowest BCUT2D eigenvalue weighted by Crippen LogP contribution is -2.42. The second-order valence-electron chi connectivity index (χ2n) is 8.89. The molecular weight excluding hydrogens is 324 g/mol. The summed E-state index contributed by atoms with van der Waals surface area (Å²) in [5, 5.41) is 47.6. The lowest BCUT2D eigenvalue weighted by atomic mass is 9.75. The first-order chi connectivity index (χ1) is 11.4. The van der Waals surface area contributed by atoms with E-state index < -0.39 is 17.7 Å². The van der Waals surface area contributed by atoms with E-state index in [2.05, 4.69) is 0 Å². The van der Waals surface area contributed by atoms with Crippen LogP contribution in [0.5, 0.6) is 0 Å². The summed E-state index contributed by atoms with van der Waals surface area (Å²) in [6.45, 7) is 7.92. The first-order valence-corrected chi connectivity index (χ1v) is 9.24. The quantitative estimate of drug-likeness (QED) is 0.239. The Morgan fingerprint density at radius 2 is 1.08 bits per heavy atom. The molecule has 0 aromatic rings. The Kier molecular flexibility index (Phi) is 10.2. The van der Waals surface area contributed by atoms with E-state index >= 15 is 0 Å². The van der Waals surface area contributed by atoms with Crippen LogP contribution in [0.2, 0.25) is 0 Å². The van der Waals surface area contributed by atoms with Crippen LogP contribution < -0.4 is 0 Å². The minimum Gasteiger partial charge on any atom is -0.481 e. The number of carbonyl (C=O) groups is 1. The average Bonchev–Trinajstić information content (AvgIpc) is 2.52. The second-order valence-corrected chi connectivity index (χ2v) is 8.89. The zero-order valence-corrected chi connectivity index (χ0v) is 16.3. The van der Waals surface area contributed by atoms with E-state index in [-0.39, 0.29) is 36.9 Å². The van der Waals surface area contributed by atoms with E-state index in [4.69, 9.17) is 0 Å². The van der Waals surface area contributed by atoms with Crippen molar-refractivity contribution in [1.29, 1.82) is 0 Å². The van der Waals surface area contributed by atoms with Gasteiger partial charge >= 0.3 is 5.97 Å². The number of aliphatic hydroxyl groups is 4. The maximum absolute atomic E-state index is 11.8. The third-order valence-electron chi connectivity index (χ3n) is 5.23. The number of hydrogen-bond donors (Lipinski definition) is 5. The van der Waals surface area contributed by atoms with Crippen molar-refractivity contribution in [3.8, 4) is 0 Å². The maximum atomic E-state index is 11.8. The highest BCUT2D eigenvalue weighted by Crippen LogP contribution is 2.36. The van der Waals surface area contributed by atoms with Gasteiger partial charge in [0.05, 0.1) is 0 Å². The van der Waals surface area contributed by atoms with Gasteiger partial charge in [-0.3, -0.25) is 4.79 Å². The van der Waals surface area contributed by atoms with Gasteiger partial charge in [0, 0.05) is 13.2 Å². The fraction of sp³-hybridized carbons (Fsp3) is 0.947. The molecule has 0 atom stereocenters. The zero-order valence-electron chi connectivity index (χ0n) is 16.3. The molecule has 5 N–H and O–H groups in total. The van der Waals surface area contributed by atoms with Gasteiger partial charge in [0.2, 0.25) is 0 Å². The monoisotopic (exact) mass is 362 g/mol. The highest BCUT2D eigenvalue weighted by molar-refractivity contribution is 5.75. The first kappa shape index (κ1) is 24.3. The van der Waals surface area contributed by atoms with Crippen molar-refractivity contribution in [3.05, 3.63) is 0 Å². The Balaban J connectivity index is 4.67. The predicted molar refractivity (Wildman–Crippen MR) is 97.0 cm³/mol. The van der Waals surface area contributed by atoms with Crippen molar-refractivity contribution in [2.45, 2.75) is 85.4 Å². The summed E-state index contributed by atoms with van der Waals surface area (Å²) in [6.07, 6.45) is 2.60. The molecule has 0 heterocycles. The summed E-state index contributed by atoms with van der Waals surface area (Å²) >= 11 is 0. The molecule has 0 aromatic carbocycles. The van der Waals surface area contributed by atoms with Gasteiger partial charge in [-0.15, -0.1) is 0 Å². The van der Waals surface area contributed by atoms with Crippen LogP contribution >= 0.6 is 0 Å². The van der Waals surface area contributed by atoms with Crippen LogP contribution in [0.25, 0.3) is 0 Å². The largest absolute Gasteiger partial charge is 0.481 e. The van der Waals surface area contributed by atoms with Gasteiger partial charge in [-0.25, -0.2) is 0 Å². The summed E-state index contributed by atoms with van der Waals surface area (Å²) in [4.78, 5) is 11.8. The lowest BCUT2D eigenvalue weighted by Gasteiger charge is -2.32. The molecule has 0 rings (SSSR count). The number of carboxylic acids is 1. The van der Waals surface area contributed by atoms with Gasteiger partial charge in [0.25, 0.3) is 0 Å². The molecule has 0 amide bonds. The molecule has 25 heavy (non-hydrogen) atoms. The molecule has 6 heteroatoms. The number of hydrogen-bond acceptors (Lipinski definition) is 5. The summed E-state index contributed by atoms with van der Waals surface area (Å²) < 4.78 is 0. The fourth-order valence-corrected chi connectivity index (χ4v) is 2.95. The van der Waals surface area contributed by atoms with Gasteiger partial charge in [-0.05, 0) is 36.5 Å². The minimum atomic E-state index is -1.90. The highest BCUT2D eigenvalue weighted by atomic mass is 16.5. The Bertz CT molecular complexity index is 365. The van der Waals surface area contributed by atoms with E-state index in [9.17, 15) is 30.3 Å². The summed E-state index contributed by atoms with van der Waals surface area (Å²) in [5.41, 5.74) is -1.97.